The van der Waals surface area contributed by atoms with Gasteiger partial charge in [-0.25, -0.2) is 0 Å². The fraction of sp³-hybridized carbons (Fsp3) is 0.0909. The van der Waals surface area contributed by atoms with Gasteiger partial charge < -0.3 is 0 Å². The fourth-order valence-corrected chi connectivity index (χ4v) is 2.11. The maximum atomic E-state index is 10.5. The molecule has 1 aromatic heterocycles. The van der Waals surface area contributed by atoms with Crippen molar-refractivity contribution in [2.24, 2.45) is 0 Å². The van der Waals surface area contributed by atoms with Crippen molar-refractivity contribution in [2.75, 3.05) is 0 Å². The van der Waals surface area contributed by atoms with E-state index in [1.165, 1.54) is 11.5 Å². The van der Waals surface area contributed by atoms with Crippen LogP contribution in [0.15, 0.2) is 30.3 Å². The van der Waals surface area contributed by atoms with E-state index in [1.807, 2.05) is 24.3 Å². The lowest BCUT2D eigenvalue weighted by Crippen LogP contribution is -1.87. The van der Waals surface area contributed by atoms with Crippen LogP contribution in [0.25, 0.3) is 0 Å². The summed E-state index contributed by atoms with van der Waals surface area (Å²) in [4.78, 5) is 11.1. The summed E-state index contributed by atoms with van der Waals surface area (Å²) in [7, 11) is 0. The first-order valence-corrected chi connectivity index (χ1v) is 5.58. The molecule has 0 unspecified atom stereocenters. The van der Waals surface area contributed by atoms with E-state index in [1.54, 1.807) is 6.07 Å². The zero-order valence-electron chi connectivity index (χ0n) is 7.81. The smallest absolute Gasteiger partial charge is 0.161 e. The number of rotatable bonds is 3. The molecule has 0 aliphatic carbocycles. The average molecular weight is 238 g/mol. The van der Waals surface area contributed by atoms with Gasteiger partial charge in [0, 0.05) is 11.4 Å². The summed E-state index contributed by atoms with van der Waals surface area (Å²) in [6, 6.07) is 9.44. The minimum Gasteiger partial charge on any atom is -0.297 e. The molecule has 0 atom stereocenters. The standard InChI is InChI=1S/C11H8ClNOS/c12-9-3-1-2-8(4-9)5-10-6-11(7-14)15-13-10/h1-4,6-7H,5H2. The van der Waals surface area contributed by atoms with Crippen LogP contribution in [0.4, 0.5) is 0 Å². The zero-order valence-corrected chi connectivity index (χ0v) is 9.39. The third-order valence-corrected chi connectivity index (χ3v) is 2.95. The second-order valence-electron chi connectivity index (χ2n) is 3.15. The molecule has 0 spiro atoms. The van der Waals surface area contributed by atoms with Crippen molar-refractivity contribution in [3.8, 4) is 0 Å². The predicted octanol–water partition coefficient (Wildman–Crippen LogP) is 3.20. The minimum atomic E-state index is 0.659. The van der Waals surface area contributed by atoms with Crippen LogP contribution in [0, 0.1) is 0 Å². The van der Waals surface area contributed by atoms with E-state index in [9.17, 15) is 4.79 Å². The lowest BCUT2D eigenvalue weighted by Gasteiger charge is -1.97. The van der Waals surface area contributed by atoms with Gasteiger partial charge in [-0.1, -0.05) is 23.7 Å². The Morgan fingerprint density at radius 3 is 2.93 bits per heavy atom. The predicted molar refractivity (Wildman–Crippen MR) is 61.8 cm³/mol. The number of carbonyl (C=O) groups is 1. The second kappa shape index (κ2) is 4.55. The number of hydrogen-bond donors (Lipinski definition) is 0. The Kier molecular flexibility index (Phi) is 3.14. The summed E-state index contributed by atoms with van der Waals surface area (Å²) in [5.74, 6) is 0. The molecule has 0 radical (unpaired) electrons. The van der Waals surface area contributed by atoms with Crippen molar-refractivity contribution >= 4 is 29.4 Å². The molecular weight excluding hydrogens is 230 g/mol. The molecular formula is C11H8ClNOS. The lowest BCUT2D eigenvalue weighted by molar-refractivity contribution is 0.112. The quantitative estimate of drug-likeness (QED) is 0.768. The van der Waals surface area contributed by atoms with E-state index in [-0.39, 0.29) is 0 Å². The van der Waals surface area contributed by atoms with Crippen molar-refractivity contribution in [3.63, 3.8) is 0 Å². The van der Waals surface area contributed by atoms with E-state index in [0.29, 0.717) is 11.3 Å². The van der Waals surface area contributed by atoms with Crippen molar-refractivity contribution < 1.29 is 4.79 Å². The van der Waals surface area contributed by atoms with Crippen LogP contribution < -0.4 is 0 Å². The topological polar surface area (TPSA) is 30.0 Å². The van der Waals surface area contributed by atoms with Gasteiger partial charge in [-0.3, -0.25) is 4.79 Å². The minimum absolute atomic E-state index is 0.659. The third kappa shape index (κ3) is 2.64. The SMILES string of the molecule is O=Cc1cc(Cc2cccc(Cl)c2)ns1. The Morgan fingerprint density at radius 1 is 1.40 bits per heavy atom. The van der Waals surface area contributed by atoms with Crippen LogP contribution in [0.1, 0.15) is 20.9 Å². The lowest BCUT2D eigenvalue weighted by atomic mass is 10.1. The number of hydrogen-bond acceptors (Lipinski definition) is 3. The Morgan fingerprint density at radius 2 is 2.27 bits per heavy atom. The monoisotopic (exact) mass is 237 g/mol. The molecule has 1 heterocycles. The van der Waals surface area contributed by atoms with E-state index in [0.717, 1.165) is 22.6 Å². The molecule has 0 aliphatic rings. The van der Waals surface area contributed by atoms with Crippen LogP contribution in [0.2, 0.25) is 5.02 Å². The highest BCUT2D eigenvalue weighted by Gasteiger charge is 2.02. The molecule has 2 rings (SSSR count). The highest BCUT2D eigenvalue weighted by molar-refractivity contribution is 7.07. The van der Waals surface area contributed by atoms with Crippen LogP contribution in [0.3, 0.4) is 0 Å². The van der Waals surface area contributed by atoms with Gasteiger partial charge in [0.2, 0.25) is 0 Å². The molecule has 0 bridgehead atoms. The maximum Gasteiger partial charge on any atom is 0.161 e. The van der Waals surface area contributed by atoms with Gasteiger partial charge in [-0.15, -0.1) is 0 Å². The van der Waals surface area contributed by atoms with Gasteiger partial charge in [-0.2, -0.15) is 4.37 Å². The number of benzene rings is 1. The number of aromatic nitrogens is 1. The Labute approximate surface area is 96.7 Å². The molecule has 2 aromatic rings. The molecule has 0 amide bonds. The van der Waals surface area contributed by atoms with E-state index in [2.05, 4.69) is 4.37 Å². The third-order valence-electron chi connectivity index (χ3n) is 1.97. The van der Waals surface area contributed by atoms with Crippen LogP contribution in [-0.4, -0.2) is 10.7 Å². The highest BCUT2D eigenvalue weighted by atomic mass is 35.5. The largest absolute Gasteiger partial charge is 0.297 e. The van der Waals surface area contributed by atoms with Gasteiger partial charge >= 0.3 is 0 Å². The highest BCUT2D eigenvalue weighted by Crippen LogP contribution is 2.16. The summed E-state index contributed by atoms with van der Waals surface area (Å²) in [5.41, 5.74) is 2.01. The summed E-state index contributed by atoms with van der Waals surface area (Å²) < 4.78 is 4.18. The van der Waals surface area contributed by atoms with Crippen LogP contribution in [-0.2, 0) is 6.42 Å². The second-order valence-corrected chi connectivity index (χ2v) is 4.42. The molecule has 0 fully saturated rings. The molecule has 0 aliphatic heterocycles. The molecule has 4 heteroatoms. The number of aldehydes is 1. The number of carbonyl (C=O) groups excluding carboxylic acids is 1. The summed E-state index contributed by atoms with van der Waals surface area (Å²) in [5, 5.41) is 0.721. The first-order chi connectivity index (χ1) is 7.28. The average Bonchev–Trinajstić information content (AvgIpc) is 2.65. The van der Waals surface area contributed by atoms with Crippen molar-refractivity contribution in [2.45, 2.75) is 6.42 Å². The summed E-state index contributed by atoms with van der Waals surface area (Å²) in [6.07, 6.45) is 1.53. The Balaban J connectivity index is 2.18. The fourth-order valence-electron chi connectivity index (χ4n) is 1.32. The van der Waals surface area contributed by atoms with Gasteiger partial charge in [0.1, 0.15) is 0 Å². The van der Waals surface area contributed by atoms with Gasteiger partial charge in [0.05, 0.1) is 10.6 Å². The summed E-state index contributed by atoms with van der Waals surface area (Å²) in [6.45, 7) is 0. The van der Waals surface area contributed by atoms with Crippen molar-refractivity contribution in [1.29, 1.82) is 0 Å². The Hall–Kier alpha value is -1.19. The van der Waals surface area contributed by atoms with E-state index >= 15 is 0 Å². The van der Waals surface area contributed by atoms with Gasteiger partial charge in [0.25, 0.3) is 0 Å². The van der Waals surface area contributed by atoms with E-state index in [4.69, 9.17) is 11.6 Å². The first kappa shape index (κ1) is 10.3. The molecule has 15 heavy (non-hydrogen) atoms. The molecule has 0 N–H and O–H groups in total. The van der Waals surface area contributed by atoms with Gasteiger partial charge in [-0.05, 0) is 35.3 Å². The van der Waals surface area contributed by atoms with Gasteiger partial charge in [0.15, 0.2) is 6.29 Å². The molecule has 2 nitrogen and oxygen atoms in total. The maximum absolute atomic E-state index is 10.5. The first-order valence-electron chi connectivity index (χ1n) is 4.43. The molecule has 0 saturated carbocycles. The zero-order chi connectivity index (χ0) is 10.7. The van der Waals surface area contributed by atoms with E-state index < -0.39 is 0 Å². The van der Waals surface area contributed by atoms with Crippen LogP contribution >= 0.6 is 23.1 Å². The number of halogens is 1. The molecule has 1 aromatic carbocycles. The normalized spacial score (nSPS) is 10.2. The summed E-state index contributed by atoms with van der Waals surface area (Å²) >= 11 is 7.09. The van der Waals surface area contributed by atoms with Crippen molar-refractivity contribution in [3.05, 3.63) is 51.5 Å². The molecule has 76 valence electrons. The number of nitrogens with zero attached hydrogens (tertiary/aromatic N) is 1. The Bertz CT molecular complexity index is 481. The molecule has 0 saturated heterocycles. The van der Waals surface area contributed by atoms with Crippen LogP contribution in [0.5, 0.6) is 0 Å². The van der Waals surface area contributed by atoms with Crippen molar-refractivity contribution in [1.82, 2.24) is 4.37 Å².